The number of nitrogens with one attached hydrogen (secondary N) is 3. The van der Waals surface area contributed by atoms with Gasteiger partial charge in [-0.25, -0.2) is 4.79 Å². The van der Waals surface area contributed by atoms with Crippen LogP contribution in [0.25, 0.3) is 11.3 Å². The van der Waals surface area contributed by atoms with Crippen molar-refractivity contribution < 1.29 is 18.0 Å². The van der Waals surface area contributed by atoms with Crippen molar-refractivity contribution in [3.05, 3.63) is 30.6 Å². The van der Waals surface area contributed by atoms with Crippen molar-refractivity contribution in [2.75, 3.05) is 5.32 Å². The molecule has 1 fully saturated rings. The maximum atomic E-state index is 12.9. The second kappa shape index (κ2) is 5.90. The molecule has 1 atom stereocenters. The van der Waals surface area contributed by atoms with Gasteiger partial charge in [-0.05, 0) is 30.9 Å². The van der Waals surface area contributed by atoms with E-state index < -0.39 is 24.2 Å². The summed E-state index contributed by atoms with van der Waals surface area (Å²) in [5, 5.41) is 10.9. The van der Waals surface area contributed by atoms with E-state index in [1.165, 1.54) is 6.07 Å². The van der Waals surface area contributed by atoms with Crippen LogP contribution in [0.5, 0.6) is 0 Å². The Kier molecular flexibility index (Phi) is 3.93. The molecule has 0 aromatic carbocycles. The van der Waals surface area contributed by atoms with Crippen molar-refractivity contribution >= 4 is 11.8 Å². The zero-order valence-electron chi connectivity index (χ0n) is 11.9. The number of carbonyl (C=O) groups excluding carboxylic acids is 1. The molecule has 0 radical (unpaired) electrons. The highest BCUT2D eigenvalue weighted by atomic mass is 19.4. The summed E-state index contributed by atoms with van der Waals surface area (Å²) in [4.78, 5) is 15.6. The van der Waals surface area contributed by atoms with Gasteiger partial charge in [-0.2, -0.15) is 18.3 Å². The molecule has 0 saturated heterocycles. The monoisotopic (exact) mass is 325 g/mol. The van der Waals surface area contributed by atoms with Gasteiger partial charge in [-0.1, -0.05) is 0 Å². The molecule has 2 heterocycles. The van der Waals surface area contributed by atoms with E-state index in [4.69, 9.17) is 0 Å². The van der Waals surface area contributed by atoms with Crippen LogP contribution in [0.1, 0.15) is 12.8 Å². The first-order chi connectivity index (χ1) is 10.9. The van der Waals surface area contributed by atoms with Crippen LogP contribution in [0.4, 0.5) is 23.8 Å². The topological polar surface area (TPSA) is 82.7 Å². The Bertz CT molecular complexity index is 681. The lowest BCUT2D eigenvalue weighted by atomic mass is 10.2. The van der Waals surface area contributed by atoms with E-state index in [2.05, 4.69) is 20.5 Å². The summed E-state index contributed by atoms with van der Waals surface area (Å²) in [6, 6.07) is 2.27. The molecule has 1 saturated carbocycles. The molecule has 2 amide bonds. The SMILES string of the molecule is O=C(Nc1cc(-c2ccncc2)[nH]n1)N[C@@H](C1CC1)C(F)(F)F. The minimum Gasteiger partial charge on any atom is -0.326 e. The number of halogens is 3. The summed E-state index contributed by atoms with van der Waals surface area (Å²) in [5.41, 5.74) is 1.42. The van der Waals surface area contributed by atoms with E-state index in [1.54, 1.807) is 24.5 Å². The van der Waals surface area contributed by atoms with Crippen LogP contribution in [0.3, 0.4) is 0 Å². The Balaban J connectivity index is 1.63. The van der Waals surface area contributed by atoms with Crippen molar-refractivity contribution in [1.29, 1.82) is 0 Å². The summed E-state index contributed by atoms with van der Waals surface area (Å²) < 4.78 is 38.6. The van der Waals surface area contributed by atoms with Crippen LogP contribution < -0.4 is 10.6 Å². The summed E-state index contributed by atoms with van der Waals surface area (Å²) in [7, 11) is 0. The van der Waals surface area contributed by atoms with Crippen molar-refractivity contribution in [1.82, 2.24) is 20.5 Å². The van der Waals surface area contributed by atoms with Gasteiger partial charge in [0.05, 0.1) is 5.69 Å². The third kappa shape index (κ3) is 3.79. The number of nitrogens with zero attached hydrogens (tertiary/aromatic N) is 2. The van der Waals surface area contributed by atoms with Gasteiger partial charge < -0.3 is 5.32 Å². The minimum absolute atomic E-state index is 0.144. The van der Waals surface area contributed by atoms with Gasteiger partial charge in [0.2, 0.25) is 0 Å². The number of rotatable bonds is 4. The molecule has 1 aliphatic rings. The van der Waals surface area contributed by atoms with Crippen LogP contribution in [-0.2, 0) is 0 Å². The van der Waals surface area contributed by atoms with Crippen LogP contribution in [-0.4, -0.2) is 33.4 Å². The summed E-state index contributed by atoms with van der Waals surface area (Å²) in [6.45, 7) is 0. The molecule has 122 valence electrons. The standard InChI is InChI=1S/C14H14F3N5O/c15-14(16,17)12(9-1-2-9)20-13(23)19-11-7-10(21-22-11)8-3-5-18-6-4-8/h3-7,9,12H,1-2H2,(H3,19,20,21,22,23)/t12-/m0/s1. The smallest absolute Gasteiger partial charge is 0.326 e. The van der Waals surface area contributed by atoms with Crippen molar-refractivity contribution in [3.63, 3.8) is 0 Å². The predicted octanol–water partition coefficient (Wildman–Crippen LogP) is 2.93. The molecule has 0 spiro atoms. The number of anilines is 1. The van der Waals surface area contributed by atoms with Gasteiger partial charge in [0, 0.05) is 24.0 Å². The van der Waals surface area contributed by atoms with E-state index in [-0.39, 0.29) is 5.82 Å². The highest BCUT2D eigenvalue weighted by molar-refractivity contribution is 5.89. The van der Waals surface area contributed by atoms with Crippen molar-refractivity contribution in [3.8, 4) is 11.3 Å². The fourth-order valence-electron chi connectivity index (χ4n) is 2.26. The van der Waals surface area contributed by atoms with Crippen LogP contribution >= 0.6 is 0 Å². The maximum absolute atomic E-state index is 12.9. The molecule has 2 aromatic rings. The zero-order chi connectivity index (χ0) is 16.4. The van der Waals surface area contributed by atoms with E-state index >= 15 is 0 Å². The quantitative estimate of drug-likeness (QED) is 0.808. The number of aromatic nitrogens is 3. The van der Waals surface area contributed by atoms with Gasteiger partial charge in [0.25, 0.3) is 0 Å². The van der Waals surface area contributed by atoms with E-state index in [9.17, 15) is 18.0 Å². The Morgan fingerprint density at radius 1 is 1.30 bits per heavy atom. The first-order valence-corrected chi connectivity index (χ1v) is 7.03. The Labute approximate surface area is 129 Å². The lowest BCUT2D eigenvalue weighted by molar-refractivity contribution is -0.157. The van der Waals surface area contributed by atoms with Gasteiger partial charge in [-0.15, -0.1) is 0 Å². The minimum atomic E-state index is -4.45. The third-order valence-corrected chi connectivity index (χ3v) is 3.54. The molecule has 23 heavy (non-hydrogen) atoms. The molecule has 9 heteroatoms. The molecule has 0 aliphatic heterocycles. The lowest BCUT2D eigenvalue weighted by Crippen LogP contribution is -2.48. The molecule has 0 bridgehead atoms. The summed E-state index contributed by atoms with van der Waals surface area (Å²) in [5.74, 6) is -0.390. The fraction of sp³-hybridized carbons (Fsp3) is 0.357. The normalized spacial score (nSPS) is 16.0. The van der Waals surface area contributed by atoms with Crippen LogP contribution in [0, 0.1) is 5.92 Å². The zero-order valence-corrected chi connectivity index (χ0v) is 11.9. The molecule has 0 unspecified atom stereocenters. The second-order valence-corrected chi connectivity index (χ2v) is 5.36. The van der Waals surface area contributed by atoms with Gasteiger partial charge in [0.1, 0.15) is 6.04 Å². The Morgan fingerprint density at radius 3 is 2.61 bits per heavy atom. The van der Waals surface area contributed by atoms with Gasteiger partial charge in [0.15, 0.2) is 5.82 Å². The van der Waals surface area contributed by atoms with Crippen LogP contribution in [0.15, 0.2) is 30.6 Å². The molecule has 6 nitrogen and oxygen atoms in total. The predicted molar refractivity (Wildman–Crippen MR) is 76.5 cm³/mol. The number of pyridine rings is 1. The lowest BCUT2D eigenvalue weighted by Gasteiger charge is -2.21. The van der Waals surface area contributed by atoms with E-state index in [1.807, 2.05) is 5.32 Å². The molecule has 3 N–H and O–H groups in total. The van der Waals surface area contributed by atoms with E-state index in [0.717, 1.165) is 5.56 Å². The summed E-state index contributed by atoms with van der Waals surface area (Å²) >= 11 is 0. The fourth-order valence-corrected chi connectivity index (χ4v) is 2.26. The molecule has 2 aromatic heterocycles. The molecule has 3 rings (SSSR count). The second-order valence-electron chi connectivity index (χ2n) is 5.36. The van der Waals surface area contributed by atoms with Gasteiger partial charge in [-0.3, -0.25) is 15.4 Å². The first kappa shape index (κ1) is 15.3. The number of hydrogen-bond donors (Lipinski definition) is 3. The largest absolute Gasteiger partial charge is 0.408 e. The molecule has 1 aliphatic carbocycles. The first-order valence-electron chi connectivity index (χ1n) is 7.03. The van der Waals surface area contributed by atoms with Crippen LogP contribution in [0.2, 0.25) is 0 Å². The number of urea groups is 1. The molecular weight excluding hydrogens is 311 g/mol. The number of aromatic amines is 1. The number of carbonyl (C=O) groups is 1. The Morgan fingerprint density at radius 2 is 2.00 bits per heavy atom. The number of amides is 2. The molecular formula is C14H14F3N5O. The number of alkyl halides is 3. The van der Waals surface area contributed by atoms with Gasteiger partial charge >= 0.3 is 12.2 Å². The number of hydrogen-bond acceptors (Lipinski definition) is 3. The highest BCUT2D eigenvalue weighted by Gasteiger charge is 2.49. The third-order valence-electron chi connectivity index (χ3n) is 3.54. The number of H-pyrrole nitrogens is 1. The summed E-state index contributed by atoms with van der Waals surface area (Å²) in [6.07, 6.45) is -0.316. The van der Waals surface area contributed by atoms with E-state index in [0.29, 0.717) is 18.5 Å². The highest BCUT2D eigenvalue weighted by Crippen LogP contribution is 2.40. The Hall–Kier alpha value is -2.58. The average molecular weight is 325 g/mol. The average Bonchev–Trinajstić information content (AvgIpc) is 3.23. The maximum Gasteiger partial charge on any atom is 0.408 e. The van der Waals surface area contributed by atoms with Crippen molar-refractivity contribution in [2.24, 2.45) is 5.92 Å². The van der Waals surface area contributed by atoms with Crippen molar-refractivity contribution in [2.45, 2.75) is 25.1 Å².